The topological polar surface area (TPSA) is 46.5 Å². The van der Waals surface area contributed by atoms with Crippen molar-refractivity contribution in [1.82, 2.24) is 0 Å². The number of methoxy groups -OCH3 is 1. The van der Waals surface area contributed by atoms with Gasteiger partial charge in [-0.2, -0.15) is 0 Å². The summed E-state index contributed by atoms with van der Waals surface area (Å²) in [4.78, 5) is 12.1. The minimum Gasteiger partial charge on any atom is -0.469 e. The van der Waals surface area contributed by atoms with Gasteiger partial charge in [0.15, 0.2) is 0 Å². The third kappa shape index (κ3) is 4.99. The van der Waals surface area contributed by atoms with Gasteiger partial charge in [-0.15, -0.1) is 0 Å². The summed E-state index contributed by atoms with van der Waals surface area (Å²) < 4.78 is 4.93. The Hall–Kier alpha value is -1.09. The fourth-order valence-electron chi connectivity index (χ4n) is 3.16. The van der Waals surface area contributed by atoms with E-state index in [1.54, 1.807) is 0 Å². The van der Waals surface area contributed by atoms with E-state index in [4.69, 9.17) is 4.74 Å². The van der Waals surface area contributed by atoms with Crippen molar-refractivity contribution in [2.75, 3.05) is 7.11 Å². The lowest BCUT2D eigenvalue weighted by Crippen LogP contribution is -2.39. The summed E-state index contributed by atoms with van der Waals surface area (Å²) in [5.74, 6) is -0.247. The molecule has 1 fully saturated rings. The number of carbonyl (C=O) groups excluding carboxylic acids is 1. The first kappa shape index (κ1) is 18.0. The number of carbonyl (C=O) groups is 1. The minimum absolute atomic E-state index is 0.247. The smallest absolute Gasteiger partial charge is 0.314 e. The summed E-state index contributed by atoms with van der Waals surface area (Å²) in [6.45, 7) is 6.36. The Morgan fingerprint density at radius 1 is 1.29 bits per heavy atom. The molecule has 2 atom stereocenters. The molecule has 0 aliphatic heterocycles. The van der Waals surface area contributed by atoms with Gasteiger partial charge in [0.2, 0.25) is 0 Å². The van der Waals surface area contributed by atoms with Crippen LogP contribution in [-0.2, 0) is 9.53 Å². The molecular weight excluding hydrogens is 264 g/mol. The Kier molecular flexibility index (Phi) is 7.16. The van der Waals surface area contributed by atoms with Crippen LogP contribution in [0.4, 0.5) is 0 Å². The van der Waals surface area contributed by atoms with E-state index in [0.717, 1.165) is 32.1 Å². The quantitative estimate of drug-likeness (QED) is 0.566. The Balaban J connectivity index is 2.54. The van der Waals surface area contributed by atoms with Crippen LogP contribution in [0.25, 0.3) is 0 Å². The molecule has 0 radical (unpaired) electrons. The highest BCUT2D eigenvalue weighted by molar-refractivity contribution is 5.78. The molecule has 0 aromatic rings. The number of hydrogen-bond acceptors (Lipinski definition) is 3. The number of allylic oxidation sites excluding steroid dienone is 4. The fraction of sp³-hybridized carbons (Fsp3) is 0.722. The molecule has 120 valence electrons. The summed E-state index contributed by atoms with van der Waals surface area (Å²) in [7, 11) is 1.41. The lowest BCUT2D eigenvalue weighted by atomic mass is 9.79. The zero-order valence-corrected chi connectivity index (χ0v) is 13.9. The third-order valence-corrected chi connectivity index (χ3v) is 4.50. The number of aliphatic hydroxyl groups excluding tert-OH is 1. The molecule has 21 heavy (non-hydrogen) atoms. The number of ether oxygens (including phenoxy) is 1. The van der Waals surface area contributed by atoms with Gasteiger partial charge in [-0.3, -0.25) is 4.79 Å². The average Bonchev–Trinajstić information content (AvgIpc) is 2.80. The van der Waals surface area contributed by atoms with Crippen molar-refractivity contribution < 1.29 is 14.6 Å². The van der Waals surface area contributed by atoms with Crippen molar-refractivity contribution in [2.45, 2.75) is 71.8 Å². The van der Waals surface area contributed by atoms with E-state index >= 15 is 0 Å². The van der Waals surface area contributed by atoms with Crippen molar-refractivity contribution in [3.63, 3.8) is 0 Å². The SMILES string of the molecule is COC(=O)[C@@]1(CC/C=C(\C)CCC=C(C)C)CCC[C@H]1O. The van der Waals surface area contributed by atoms with Crippen molar-refractivity contribution in [3.05, 3.63) is 23.3 Å². The number of rotatable bonds is 7. The highest BCUT2D eigenvalue weighted by atomic mass is 16.5. The van der Waals surface area contributed by atoms with Gasteiger partial charge in [0.25, 0.3) is 0 Å². The molecule has 1 rings (SSSR count). The first-order valence-corrected chi connectivity index (χ1v) is 7.98. The van der Waals surface area contributed by atoms with E-state index in [-0.39, 0.29) is 5.97 Å². The summed E-state index contributed by atoms with van der Waals surface area (Å²) in [5, 5.41) is 10.2. The van der Waals surface area contributed by atoms with Crippen molar-refractivity contribution in [2.24, 2.45) is 5.41 Å². The van der Waals surface area contributed by atoms with E-state index in [9.17, 15) is 9.90 Å². The Morgan fingerprint density at radius 2 is 2.00 bits per heavy atom. The van der Waals surface area contributed by atoms with Gasteiger partial charge in [0, 0.05) is 0 Å². The summed E-state index contributed by atoms with van der Waals surface area (Å²) in [6.07, 6.45) is 9.87. The average molecular weight is 294 g/mol. The number of hydrogen-bond donors (Lipinski definition) is 1. The number of aliphatic hydroxyl groups is 1. The molecule has 0 aromatic carbocycles. The third-order valence-electron chi connectivity index (χ3n) is 4.50. The Bertz CT molecular complexity index is 405. The van der Waals surface area contributed by atoms with Crippen LogP contribution < -0.4 is 0 Å². The maximum Gasteiger partial charge on any atom is 0.314 e. The van der Waals surface area contributed by atoms with Gasteiger partial charge < -0.3 is 9.84 Å². The predicted octanol–water partition coefficient (Wildman–Crippen LogP) is 4.16. The lowest BCUT2D eigenvalue weighted by Gasteiger charge is -2.29. The fourth-order valence-corrected chi connectivity index (χ4v) is 3.16. The normalized spacial score (nSPS) is 25.8. The van der Waals surface area contributed by atoms with Gasteiger partial charge >= 0.3 is 5.97 Å². The monoisotopic (exact) mass is 294 g/mol. The second-order valence-corrected chi connectivity index (χ2v) is 6.47. The van der Waals surface area contributed by atoms with Crippen molar-refractivity contribution >= 4 is 5.97 Å². The van der Waals surface area contributed by atoms with E-state index in [1.807, 2.05) is 0 Å². The van der Waals surface area contributed by atoms with Crippen molar-refractivity contribution in [1.29, 1.82) is 0 Å². The first-order chi connectivity index (χ1) is 9.92. The van der Waals surface area contributed by atoms with Crippen LogP contribution in [-0.4, -0.2) is 24.3 Å². The molecule has 3 nitrogen and oxygen atoms in total. The van der Waals surface area contributed by atoms with Crippen LogP contribution in [0, 0.1) is 5.41 Å². The molecule has 0 amide bonds. The zero-order chi connectivity index (χ0) is 15.9. The highest BCUT2D eigenvalue weighted by Gasteiger charge is 2.48. The van der Waals surface area contributed by atoms with E-state index in [1.165, 1.54) is 18.3 Å². The van der Waals surface area contributed by atoms with E-state index in [2.05, 4.69) is 32.9 Å². The van der Waals surface area contributed by atoms with Gasteiger partial charge in [-0.05, 0) is 65.7 Å². The standard InChI is InChI=1S/C18H30O3/c1-14(2)8-5-9-15(3)10-6-12-18(17(20)21-4)13-7-11-16(18)19/h8,10,16,19H,5-7,9,11-13H2,1-4H3/b15-10+/t16-,18+/m1/s1. The molecule has 0 aromatic heterocycles. The summed E-state index contributed by atoms with van der Waals surface area (Å²) in [6, 6.07) is 0. The lowest BCUT2D eigenvalue weighted by molar-refractivity contribution is -0.159. The van der Waals surface area contributed by atoms with Gasteiger partial charge in [-0.25, -0.2) is 0 Å². The minimum atomic E-state index is -0.675. The van der Waals surface area contributed by atoms with Gasteiger partial charge in [0.05, 0.1) is 18.6 Å². The van der Waals surface area contributed by atoms with Crippen LogP contribution >= 0.6 is 0 Å². The zero-order valence-electron chi connectivity index (χ0n) is 13.9. The predicted molar refractivity (Wildman–Crippen MR) is 86.0 cm³/mol. The molecule has 0 heterocycles. The molecule has 0 bridgehead atoms. The Labute approximate surface area is 129 Å². The largest absolute Gasteiger partial charge is 0.469 e. The molecule has 1 saturated carbocycles. The molecule has 1 aliphatic rings. The van der Waals surface area contributed by atoms with E-state index in [0.29, 0.717) is 12.8 Å². The molecule has 1 N–H and O–H groups in total. The first-order valence-electron chi connectivity index (χ1n) is 7.98. The molecule has 0 saturated heterocycles. The van der Waals surface area contributed by atoms with Crippen molar-refractivity contribution in [3.8, 4) is 0 Å². The highest BCUT2D eigenvalue weighted by Crippen LogP contribution is 2.43. The molecule has 0 spiro atoms. The molecule has 3 heteroatoms. The Morgan fingerprint density at radius 3 is 2.52 bits per heavy atom. The van der Waals surface area contributed by atoms with Crippen LogP contribution in [0.5, 0.6) is 0 Å². The number of esters is 1. The summed E-state index contributed by atoms with van der Waals surface area (Å²) >= 11 is 0. The van der Waals surface area contributed by atoms with E-state index < -0.39 is 11.5 Å². The van der Waals surface area contributed by atoms with Crippen LogP contribution in [0.15, 0.2) is 23.3 Å². The van der Waals surface area contributed by atoms with Crippen LogP contribution in [0.1, 0.15) is 65.7 Å². The molecule has 1 aliphatic carbocycles. The van der Waals surface area contributed by atoms with Gasteiger partial charge in [0.1, 0.15) is 0 Å². The van der Waals surface area contributed by atoms with Crippen LogP contribution in [0.3, 0.4) is 0 Å². The summed E-state index contributed by atoms with van der Waals surface area (Å²) in [5.41, 5.74) is 2.02. The van der Waals surface area contributed by atoms with Gasteiger partial charge in [-0.1, -0.05) is 23.3 Å². The second-order valence-electron chi connectivity index (χ2n) is 6.47. The molecular formula is C18H30O3. The maximum absolute atomic E-state index is 12.1. The maximum atomic E-state index is 12.1. The second kappa shape index (κ2) is 8.38. The van der Waals surface area contributed by atoms with Crippen LogP contribution in [0.2, 0.25) is 0 Å². The molecule has 0 unspecified atom stereocenters.